The van der Waals surface area contributed by atoms with Crippen LogP contribution in [0.4, 0.5) is 0 Å². The van der Waals surface area contributed by atoms with Crippen LogP contribution < -0.4 is 0 Å². The van der Waals surface area contributed by atoms with E-state index in [2.05, 4.69) is 36.0 Å². The molecule has 0 saturated carbocycles. The second kappa shape index (κ2) is 10.9. The van der Waals surface area contributed by atoms with Gasteiger partial charge in [0, 0.05) is 11.0 Å². The molecule has 0 bridgehead atoms. The van der Waals surface area contributed by atoms with Crippen molar-refractivity contribution >= 4 is 27.9 Å². The number of thioether (sulfide) groups is 1. The highest BCUT2D eigenvalue weighted by Crippen LogP contribution is 2.35. The van der Waals surface area contributed by atoms with Crippen LogP contribution in [0.25, 0.3) is 5.53 Å². The lowest BCUT2D eigenvalue weighted by atomic mass is 10.1. The normalized spacial score (nSPS) is 14.0. The zero-order valence-corrected chi connectivity index (χ0v) is 16.9. The van der Waals surface area contributed by atoms with Crippen molar-refractivity contribution in [1.82, 2.24) is 0 Å². The molecule has 10 heteroatoms. The van der Waals surface area contributed by atoms with Crippen molar-refractivity contribution in [2.75, 3.05) is 13.2 Å². The van der Waals surface area contributed by atoms with Gasteiger partial charge in [0.2, 0.25) is 5.76 Å². The standard InChI is InChI=1S/C17H20N2O2S.H2O4S/c1-4-20-15-11-17(16(21-5-2)10-14(15)19-18)22-13-8-6-12(3)7-9-13;1-5(2,3)4/h6-9,11H,4-5,10H2,1-3H3;(H2,1,2,3,4). The van der Waals surface area contributed by atoms with Crippen LogP contribution in [0.3, 0.4) is 0 Å². The molecule has 0 unspecified atom stereocenters. The lowest BCUT2D eigenvalue weighted by Crippen LogP contribution is -2.15. The minimum absolute atomic E-state index is 0.435. The van der Waals surface area contributed by atoms with Crippen molar-refractivity contribution in [3.8, 4) is 0 Å². The summed E-state index contributed by atoms with van der Waals surface area (Å²) in [7, 11) is -4.67. The average molecular weight is 415 g/mol. The zero-order valence-electron chi connectivity index (χ0n) is 15.2. The third-order valence-corrected chi connectivity index (χ3v) is 4.21. The first-order chi connectivity index (χ1) is 12.7. The summed E-state index contributed by atoms with van der Waals surface area (Å²) in [5, 5.41) is 0. The molecule has 0 heterocycles. The molecular weight excluding hydrogens is 392 g/mol. The van der Waals surface area contributed by atoms with Crippen molar-refractivity contribution in [2.24, 2.45) is 0 Å². The molecule has 0 atom stereocenters. The molecule has 2 N–H and O–H groups in total. The van der Waals surface area contributed by atoms with Gasteiger partial charge in [-0.2, -0.15) is 13.2 Å². The monoisotopic (exact) mass is 414 g/mol. The van der Waals surface area contributed by atoms with Gasteiger partial charge in [0.15, 0.2) is 0 Å². The van der Waals surface area contributed by atoms with Crippen molar-refractivity contribution in [2.45, 2.75) is 32.1 Å². The molecule has 0 saturated heterocycles. The summed E-state index contributed by atoms with van der Waals surface area (Å²) in [5.41, 5.74) is 10.9. The number of allylic oxidation sites excluding steroid dienone is 3. The van der Waals surface area contributed by atoms with Gasteiger partial charge in [-0.3, -0.25) is 9.11 Å². The highest BCUT2D eigenvalue weighted by Gasteiger charge is 2.28. The smallest absolute Gasteiger partial charge is 0.394 e. The summed E-state index contributed by atoms with van der Waals surface area (Å²) in [6.45, 7) is 7.02. The molecule has 2 rings (SSSR count). The van der Waals surface area contributed by atoms with E-state index in [1.54, 1.807) is 11.8 Å². The van der Waals surface area contributed by atoms with Gasteiger partial charge in [-0.05, 0) is 32.9 Å². The van der Waals surface area contributed by atoms with E-state index in [1.165, 1.54) is 5.56 Å². The average Bonchev–Trinajstić information content (AvgIpc) is 2.58. The van der Waals surface area contributed by atoms with Crippen LogP contribution in [0.1, 0.15) is 25.8 Å². The SMILES string of the molecule is CCOC1=CC(Sc2ccc(C)cc2)=C(OCC)CC1=[N+]=[N-].O=S(=O)(O)O. The summed E-state index contributed by atoms with van der Waals surface area (Å²) in [4.78, 5) is 5.45. The Balaban J connectivity index is 0.000000646. The summed E-state index contributed by atoms with van der Waals surface area (Å²) in [5.74, 6) is 1.41. The summed E-state index contributed by atoms with van der Waals surface area (Å²) in [6.07, 6.45) is 2.32. The predicted octanol–water partition coefficient (Wildman–Crippen LogP) is 3.68. The van der Waals surface area contributed by atoms with E-state index in [9.17, 15) is 0 Å². The Hall–Kier alpha value is -2.10. The minimum Gasteiger partial charge on any atom is -0.496 e. The van der Waals surface area contributed by atoms with Gasteiger partial charge >= 0.3 is 16.1 Å². The number of ether oxygens (including phenoxy) is 2. The van der Waals surface area contributed by atoms with E-state index in [0.717, 1.165) is 15.6 Å². The number of benzene rings is 1. The Labute approximate surface area is 163 Å². The van der Waals surface area contributed by atoms with E-state index < -0.39 is 10.4 Å². The molecule has 8 nitrogen and oxygen atoms in total. The van der Waals surface area contributed by atoms with E-state index in [-0.39, 0.29) is 0 Å². The van der Waals surface area contributed by atoms with Gasteiger partial charge in [0.25, 0.3) is 0 Å². The van der Waals surface area contributed by atoms with E-state index in [0.29, 0.717) is 31.1 Å². The maximum absolute atomic E-state index is 9.16. The fraction of sp³-hybridized carbons (Fsp3) is 0.353. The third kappa shape index (κ3) is 8.89. The fourth-order valence-electron chi connectivity index (χ4n) is 2.09. The van der Waals surface area contributed by atoms with Gasteiger partial charge in [-0.25, -0.2) is 0 Å². The Morgan fingerprint density at radius 1 is 1.15 bits per heavy atom. The van der Waals surface area contributed by atoms with Crippen LogP contribution in [-0.2, 0) is 19.9 Å². The molecule has 0 amide bonds. The molecule has 1 aromatic carbocycles. The predicted molar refractivity (Wildman–Crippen MR) is 103 cm³/mol. The second-order valence-electron chi connectivity index (χ2n) is 5.25. The van der Waals surface area contributed by atoms with Gasteiger partial charge in [-0.15, -0.1) is 0 Å². The van der Waals surface area contributed by atoms with Crippen LogP contribution in [-0.4, -0.2) is 41.2 Å². The number of hydrogen-bond acceptors (Lipinski definition) is 5. The van der Waals surface area contributed by atoms with Gasteiger partial charge in [-0.1, -0.05) is 29.5 Å². The second-order valence-corrected chi connectivity index (χ2v) is 7.26. The highest BCUT2D eigenvalue weighted by atomic mass is 32.3. The molecular formula is C17H22N2O6S2. The Kier molecular flexibility index (Phi) is 9.27. The lowest BCUT2D eigenvalue weighted by molar-refractivity contribution is -0.0134. The molecule has 0 fully saturated rings. The Morgan fingerprint density at radius 3 is 2.19 bits per heavy atom. The first-order valence-electron chi connectivity index (χ1n) is 8.04. The summed E-state index contributed by atoms with van der Waals surface area (Å²) in [6, 6.07) is 8.33. The number of nitrogens with zero attached hydrogens (tertiary/aromatic N) is 2. The topological polar surface area (TPSA) is 129 Å². The molecule has 1 aliphatic carbocycles. The summed E-state index contributed by atoms with van der Waals surface area (Å²) >= 11 is 1.63. The van der Waals surface area contributed by atoms with Crippen molar-refractivity contribution < 1.29 is 31.8 Å². The van der Waals surface area contributed by atoms with E-state index in [1.807, 2.05) is 19.9 Å². The molecule has 148 valence electrons. The van der Waals surface area contributed by atoms with Crippen molar-refractivity contribution in [3.63, 3.8) is 0 Å². The number of hydrogen-bond donors (Lipinski definition) is 2. The summed E-state index contributed by atoms with van der Waals surface area (Å²) < 4.78 is 42.9. The van der Waals surface area contributed by atoms with Crippen LogP contribution in [0.5, 0.6) is 0 Å². The Morgan fingerprint density at radius 2 is 1.70 bits per heavy atom. The molecule has 1 aromatic rings. The molecule has 1 aliphatic rings. The maximum Gasteiger partial charge on any atom is 0.394 e. The third-order valence-electron chi connectivity index (χ3n) is 3.14. The van der Waals surface area contributed by atoms with Crippen LogP contribution in [0, 0.1) is 6.92 Å². The van der Waals surface area contributed by atoms with Crippen LogP contribution >= 0.6 is 11.8 Å². The fourth-order valence-corrected chi connectivity index (χ4v) is 3.03. The van der Waals surface area contributed by atoms with Gasteiger partial charge < -0.3 is 15.0 Å². The van der Waals surface area contributed by atoms with Gasteiger partial charge in [0.05, 0.1) is 18.1 Å². The molecule has 0 aliphatic heterocycles. The first-order valence-corrected chi connectivity index (χ1v) is 10.2. The van der Waals surface area contributed by atoms with E-state index in [4.69, 9.17) is 32.5 Å². The number of aryl methyl sites for hydroxylation is 1. The van der Waals surface area contributed by atoms with Crippen LogP contribution in [0.2, 0.25) is 0 Å². The quantitative estimate of drug-likeness (QED) is 0.412. The molecule has 0 radical (unpaired) electrons. The minimum atomic E-state index is -4.67. The zero-order chi connectivity index (χ0) is 20.4. The first kappa shape index (κ1) is 22.9. The molecule has 0 spiro atoms. The van der Waals surface area contributed by atoms with Crippen LogP contribution in [0.15, 0.2) is 51.7 Å². The molecule has 27 heavy (non-hydrogen) atoms. The largest absolute Gasteiger partial charge is 0.496 e. The van der Waals surface area contributed by atoms with Crippen molar-refractivity contribution in [1.29, 1.82) is 0 Å². The maximum atomic E-state index is 9.16. The highest BCUT2D eigenvalue weighted by molar-refractivity contribution is 8.03. The van der Waals surface area contributed by atoms with Gasteiger partial charge in [0.1, 0.15) is 12.2 Å². The van der Waals surface area contributed by atoms with E-state index >= 15 is 0 Å². The lowest BCUT2D eigenvalue weighted by Gasteiger charge is -2.17. The molecule has 0 aromatic heterocycles. The number of rotatable bonds is 6. The van der Waals surface area contributed by atoms with Crippen molar-refractivity contribution in [3.05, 3.63) is 57.9 Å². The Bertz CT molecular complexity index is 846.